The predicted octanol–water partition coefficient (Wildman–Crippen LogP) is 0.886. The van der Waals surface area contributed by atoms with E-state index in [1.165, 1.54) is 0 Å². The molecule has 0 unspecified atom stereocenters. The highest BCUT2D eigenvalue weighted by atomic mass is 16.4. The molecule has 0 spiro atoms. The van der Waals surface area contributed by atoms with E-state index in [4.69, 9.17) is 16.6 Å². The molecular formula is C18H20N4O3. The van der Waals surface area contributed by atoms with Crippen molar-refractivity contribution in [1.29, 1.82) is 0 Å². The second kappa shape index (κ2) is 8.60. The number of carboxylic acid groups (broad SMARTS) is 1. The van der Waals surface area contributed by atoms with Crippen LogP contribution in [0, 0.1) is 0 Å². The standard InChI is InChI=1S/C18H20N4O3/c19-15(17(24)25)10-12-6-8-14(9-7-12)16(23)22-18(20)21-11-13-4-2-1-3-5-13/h1-9,15H,10-11,19H2,(H,24,25)(H3,20,21,22,23)/t15-/m0/s1. The fourth-order valence-corrected chi connectivity index (χ4v) is 2.12. The number of rotatable bonds is 6. The van der Waals surface area contributed by atoms with Gasteiger partial charge in [0.1, 0.15) is 6.04 Å². The fraction of sp³-hybridized carbons (Fsp3) is 0.167. The quantitative estimate of drug-likeness (QED) is 0.458. The molecule has 2 aromatic carbocycles. The highest BCUT2D eigenvalue weighted by Gasteiger charge is 2.13. The number of hydrogen-bond acceptors (Lipinski definition) is 4. The van der Waals surface area contributed by atoms with Gasteiger partial charge in [0, 0.05) is 5.56 Å². The molecule has 25 heavy (non-hydrogen) atoms. The summed E-state index contributed by atoms with van der Waals surface area (Å²) in [5, 5.41) is 11.3. The van der Waals surface area contributed by atoms with Gasteiger partial charge in [0.25, 0.3) is 5.91 Å². The summed E-state index contributed by atoms with van der Waals surface area (Å²) >= 11 is 0. The van der Waals surface area contributed by atoms with Gasteiger partial charge in [-0.1, -0.05) is 42.5 Å². The van der Waals surface area contributed by atoms with Crippen molar-refractivity contribution in [3.05, 3.63) is 71.3 Å². The largest absolute Gasteiger partial charge is 0.480 e. The van der Waals surface area contributed by atoms with Gasteiger partial charge in [0.2, 0.25) is 0 Å². The maximum Gasteiger partial charge on any atom is 0.320 e. The average Bonchev–Trinajstić information content (AvgIpc) is 2.61. The van der Waals surface area contributed by atoms with Crippen LogP contribution >= 0.6 is 0 Å². The second-order valence-electron chi connectivity index (χ2n) is 5.49. The van der Waals surface area contributed by atoms with Crippen LogP contribution in [0.25, 0.3) is 0 Å². The third kappa shape index (κ3) is 5.74. The lowest BCUT2D eigenvalue weighted by Gasteiger charge is -2.08. The number of carbonyl (C=O) groups is 2. The van der Waals surface area contributed by atoms with Crippen molar-refractivity contribution in [3.63, 3.8) is 0 Å². The van der Waals surface area contributed by atoms with Crippen molar-refractivity contribution in [2.75, 3.05) is 0 Å². The van der Waals surface area contributed by atoms with Crippen molar-refractivity contribution in [3.8, 4) is 0 Å². The molecule has 0 fully saturated rings. The number of aliphatic carboxylic acids is 1. The van der Waals surface area contributed by atoms with Crippen molar-refractivity contribution < 1.29 is 14.7 Å². The maximum absolute atomic E-state index is 12.1. The fourth-order valence-electron chi connectivity index (χ4n) is 2.12. The molecule has 0 aliphatic rings. The molecule has 0 aromatic heterocycles. The molecule has 1 amide bonds. The number of guanidine groups is 1. The van der Waals surface area contributed by atoms with Crippen LogP contribution in [0.3, 0.4) is 0 Å². The van der Waals surface area contributed by atoms with Gasteiger partial charge in [-0.05, 0) is 29.7 Å². The number of hydrogen-bond donors (Lipinski definition) is 4. The smallest absolute Gasteiger partial charge is 0.320 e. The summed E-state index contributed by atoms with van der Waals surface area (Å²) in [5.74, 6) is -1.42. The van der Waals surface area contributed by atoms with E-state index in [1.54, 1.807) is 24.3 Å². The normalized spacial score (nSPS) is 12.4. The summed E-state index contributed by atoms with van der Waals surface area (Å²) < 4.78 is 0. The summed E-state index contributed by atoms with van der Waals surface area (Å²) in [6, 6.07) is 15.1. The lowest BCUT2D eigenvalue weighted by molar-refractivity contribution is -0.138. The average molecular weight is 340 g/mol. The first-order chi connectivity index (χ1) is 12.0. The number of aliphatic imine (C=N–C) groups is 1. The maximum atomic E-state index is 12.1. The molecule has 0 saturated carbocycles. The molecule has 6 N–H and O–H groups in total. The Morgan fingerprint density at radius 3 is 2.28 bits per heavy atom. The Bertz CT molecular complexity index is 758. The minimum absolute atomic E-state index is 0.0332. The zero-order valence-corrected chi connectivity index (χ0v) is 13.6. The van der Waals surface area contributed by atoms with Crippen LogP contribution < -0.4 is 16.8 Å². The zero-order valence-electron chi connectivity index (χ0n) is 13.6. The van der Waals surface area contributed by atoms with Gasteiger partial charge in [0.15, 0.2) is 5.96 Å². The Morgan fingerprint density at radius 1 is 1.04 bits per heavy atom. The van der Waals surface area contributed by atoms with Crippen LogP contribution in [-0.2, 0) is 17.8 Å². The number of nitrogens with one attached hydrogen (secondary N) is 1. The zero-order chi connectivity index (χ0) is 18.2. The molecule has 0 aliphatic heterocycles. The first-order valence-electron chi connectivity index (χ1n) is 7.68. The van der Waals surface area contributed by atoms with Crippen LogP contribution in [0.2, 0.25) is 0 Å². The number of nitrogens with zero attached hydrogens (tertiary/aromatic N) is 1. The molecule has 7 heteroatoms. The Balaban J connectivity index is 1.92. The van der Waals surface area contributed by atoms with Crippen LogP contribution in [0.15, 0.2) is 59.6 Å². The molecule has 2 aromatic rings. The summed E-state index contributed by atoms with van der Waals surface area (Å²) in [6.07, 6.45) is 0.192. The molecule has 1 atom stereocenters. The van der Waals surface area contributed by atoms with E-state index in [0.717, 1.165) is 11.1 Å². The van der Waals surface area contributed by atoms with Crippen molar-refractivity contribution in [2.24, 2.45) is 16.5 Å². The Hall–Kier alpha value is -3.19. The number of carboxylic acids is 1. The van der Waals surface area contributed by atoms with E-state index in [1.807, 2.05) is 30.3 Å². The van der Waals surface area contributed by atoms with E-state index >= 15 is 0 Å². The molecule has 130 valence electrons. The van der Waals surface area contributed by atoms with E-state index in [-0.39, 0.29) is 18.3 Å². The van der Waals surface area contributed by atoms with Crippen LogP contribution in [-0.4, -0.2) is 29.0 Å². The molecule has 7 nitrogen and oxygen atoms in total. The van der Waals surface area contributed by atoms with Gasteiger partial charge in [-0.25, -0.2) is 4.99 Å². The van der Waals surface area contributed by atoms with Crippen molar-refractivity contribution in [1.82, 2.24) is 5.32 Å². The summed E-state index contributed by atoms with van der Waals surface area (Å²) in [7, 11) is 0. The molecule has 2 rings (SSSR count). The lowest BCUT2D eigenvalue weighted by Crippen LogP contribution is -2.36. The van der Waals surface area contributed by atoms with Gasteiger partial charge in [-0.3, -0.25) is 14.9 Å². The van der Waals surface area contributed by atoms with Crippen molar-refractivity contribution >= 4 is 17.8 Å². The van der Waals surface area contributed by atoms with Gasteiger partial charge in [-0.2, -0.15) is 0 Å². The number of benzene rings is 2. The Kier molecular flexibility index (Phi) is 6.25. The van der Waals surface area contributed by atoms with E-state index < -0.39 is 12.0 Å². The van der Waals surface area contributed by atoms with Crippen LogP contribution in [0.1, 0.15) is 21.5 Å². The predicted molar refractivity (Wildman–Crippen MR) is 95.0 cm³/mol. The minimum atomic E-state index is -1.07. The van der Waals surface area contributed by atoms with Gasteiger partial charge >= 0.3 is 5.97 Å². The van der Waals surface area contributed by atoms with E-state index in [2.05, 4.69) is 10.3 Å². The third-order valence-electron chi connectivity index (χ3n) is 3.51. The van der Waals surface area contributed by atoms with Gasteiger partial charge in [0.05, 0.1) is 6.54 Å². The SMILES string of the molecule is NC(=NCc1ccccc1)NC(=O)c1ccc(C[C@H](N)C(=O)O)cc1. The minimum Gasteiger partial charge on any atom is -0.480 e. The first-order valence-corrected chi connectivity index (χ1v) is 7.68. The molecule has 0 saturated heterocycles. The summed E-state index contributed by atoms with van der Waals surface area (Å²) in [4.78, 5) is 27.0. The van der Waals surface area contributed by atoms with Crippen LogP contribution in [0.4, 0.5) is 0 Å². The lowest BCUT2D eigenvalue weighted by atomic mass is 10.0. The number of carbonyl (C=O) groups excluding carboxylic acids is 1. The van der Waals surface area contributed by atoms with Crippen molar-refractivity contribution in [2.45, 2.75) is 19.0 Å². The summed E-state index contributed by atoms with van der Waals surface area (Å²) in [5.41, 5.74) is 13.3. The Labute approximate surface area is 145 Å². The molecule has 0 radical (unpaired) electrons. The van der Waals surface area contributed by atoms with Gasteiger partial charge < -0.3 is 16.6 Å². The number of amides is 1. The molecule has 0 heterocycles. The Morgan fingerprint density at radius 2 is 1.68 bits per heavy atom. The van der Waals surface area contributed by atoms with Crippen LogP contribution in [0.5, 0.6) is 0 Å². The van der Waals surface area contributed by atoms with E-state index in [0.29, 0.717) is 12.1 Å². The third-order valence-corrected chi connectivity index (χ3v) is 3.51. The topological polar surface area (TPSA) is 131 Å². The highest BCUT2D eigenvalue weighted by Crippen LogP contribution is 2.07. The monoisotopic (exact) mass is 340 g/mol. The summed E-state index contributed by atoms with van der Waals surface area (Å²) in [6.45, 7) is 0.374. The van der Waals surface area contributed by atoms with Gasteiger partial charge in [-0.15, -0.1) is 0 Å². The number of nitrogens with two attached hydrogens (primary N) is 2. The highest BCUT2D eigenvalue weighted by molar-refractivity contribution is 6.05. The first kappa shape index (κ1) is 18.2. The molecule has 0 bridgehead atoms. The second-order valence-corrected chi connectivity index (χ2v) is 5.49. The van der Waals surface area contributed by atoms with E-state index in [9.17, 15) is 9.59 Å². The molecule has 0 aliphatic carbocycles. The molecular weight excluding hydrogens is 320 g/mol.